The van der Waals surface area contributed by atoms with Crippen LogP contribution in [-0.4, -0.2) is 79.8 Å². The van der Waals surface area contributed by atoms with Gasteiger partial charge < -0.3 is 35.4 Å². The standard InChI is InChI=1S/C18H27N3O5.C4H9NO2.C3H8/c1-12(20-15(22)10-19-17(24)26-18(2,3)4)16(23)21-14-8-6-13(7-9-14)11-25-5;1-5(4-7)2-3-6;1-3-2/h6-9,12H,10-11H2,1-5H3,(H,19,24)(H,20,22)(H,21,23);4,6H,2-3H2,1H3;3H2,1-2H3. The minimum absolute atomic E-state index is 0.0369. The van der Waals surface area contributed by atoms with Crippen molar-refractivity contribution in [3.05, 3.63) is 29.8 Å². The number of aliphatic hydroxyl groups is 1. The van der Waals surface area contributed by atoms with E-state index in [0.29, 0.717) is 25.2 Å². The third-order valence-corrected chi connectivity index (χ3v) is 3.73. The van der Waals surface area contributed by atoms with E-state index in [-0.39, 0.29) is 19.1 Å². The van der Waals surface area contributed by atoms with Crippen molar-refractivity contribution in [2.75, 3.05) is 39.2 Å². The van der Waals surface area contributed by atoms with Crippen molar-refractivity contribution in [1.29, 1.82) is 0 Å². The molecule has 1 unspecified atom stereocenters. The molecule has 4 N–H and O–H groups in total. The smallest absolute Gasteiger partial charge is 0.408 e. The molecule has 11 nitrogen and oxygen atoms in total. The molecule has 1 rings (SSSR count). The van der Waals surface area contributed by atoms with Crippen LogP contribution >= 0.6 is 0 Å². The van der Waals surface area contributed by atoms with Gasteiger partial charge in [0, 0.05) is 26.4 Å². The quantitative estimate of drug-likeness (QED) is 0.352. The number of likely N-dealkylation sites (N-methyl/N-ethyl adjacent to an activating group) is 1. The van der Waals surface area contributed by atoms with Gasteiger partial charge in [-0.3, -0.25) is 14.4 Å². The largest absolute Gasteiger partial charge is 0.444 e. The van der Waals surface area contributed by atoms with Gasteiger partial charge in [0.25, 0.3) is 0 Å². The minimum atomic E-state index is -0.762. The van der Waals surface area contributed by atoms with Crippen molar-refractivity contribution in [1.82, 2.24) is 15.5 Å². The van der Waals surface area contributed by atoms with Crippen LogP contribution < -0.4 is 16.0 Å². The highest BCUT2D eigenvalue weighted by Gasteiger charge is 2.19. The van der Waals surface area contributed by atoms with Crippen LogP contribution in [0.3, 0.4) is 0 Å². The second-order valence-corrected chi connectivity index (χ2v) is 8.78. The summed E-state index contributed by atoms with van der Waals surface area (Å²) in [7, 11) is 3.22. The van der Waals surface area contributed by atoms with Gasteiger partial charge >= 0.3 is 6.09 Å². The number of hydrogen-bond acceptors (Lipinski definition) is 7. The molecule has 0 aliphatic rings. The number of aliphatic hydroxyl groups excluding tert-OH is 1. The van der Waals surface area contributed by atoms with Crippen LogP contribution in [0.15, 0.2) is 24.3 Å². The van der Waals surface area contributed by atoms with E-state index in [2.05, 4.69) is 29.8 Å². The van der Waals surface area contributed by atoms with E-state index in [1.807, 2.05) is 12.1 Å². The van der Waals surface area contributed by atoms with Gasteiger partial charge in [0.15, 0.2) is 0 Å². The van der Waals surface area contributed by atoms with Gasteiger partial charge in [0.05, 0.1) is 13.2 Å². The Hall–Kier alpha value is -3.18. The van der Waals surface area contributed by atoms with Gasteiger partial charge in [0.2, 0.25) is 18.2 Å². The highest BCUT2D eigenvalue weighted by molar-refractivity contribution is 5.97. The van der Waals surface area contributed by atoms with Crippen molar-refractivity contribution in [2.45, 2.75) is 66.2 Å². The van der Waals surface area contributed by atoms with E-state index in [4.69, 9.17) is 14.6 Å². The topological polar surface area (TPSA) is 146 Å². The Morgan fingerprint density at radius 1 is 1.14 bits per heavy atom. The summed E-state index contributed by atoms with van der Waals surface area (Å²) in [5.74, 6) is -0.857. The zero-order valence-corrected chi connectivity index (χ0v) is 22.8. The Labute approximate surface area is 214 Å². The van der Waals surface area contributed by atoms with E-state index >= 15 is 0 Å². The van der Waals surface area contributed by atoms with Gasteiger partial charge in [-0.1, -0.05) is 32.4 Å². The van der Waals surface area contributed by atoms with Gasteiger partial charge in [-0.05, 0) is 45.4 Å². The molecular formula is C25H44N4O7. The van der Waals surface area contributed by atoms with Crippen LogP contribution in [-0.2, 0) is 30.5 Å². The number of carbonyl (C=O) groups is 4. The lowest BCUT2D eigenvalue weighted by atomic mass is 10.2. The SMILES string of the molecule is CCC.CN(C=O)CCO.COCc1ccc(NC(=O)C(C)NC(=O)CNC(=O)OC(C)(C)C)cc1. The molecule has 4 amide bonds. The van der Waals surface area contributed by atoms with Crippen molar-refractivity contribution < 1.29 is 33.8 Å². The number of alkyl carbamates (subject to hydrolysis) is 1. The lowest BCUT2D eigenvalue weighted by Gasteiger charge is -2.20. The first-order chi connectivity index (χ1) is 16.8. The molecule has 0 heterocycles. The van der Waals surface area contributed by atoms with Crippen LogP contribution in [0.2, 0.25) is 0 Å². The molecule has 1 aromatic rings. The maximum absolute atomic E-state index is 12.1. The van der Waals surface area contributed by atoms with E-state index in [1.54, 1.807) is 54.0 Å². The predicted octanol–water partition coefficient (Wildman–Crippen LogP) is 2.28. The highest BCUT2D eigenvalue weighted by Crippen LogP contribution is 2.10. The first-order valence-electron chi connectivity index (χ1n) is 11.7. The van der Waals surface area contributed by atoms with Gasteiger partial charge in [-0.25, -0.2) is 4.79 Å². The van der Waals surface area contributed by atoms with Gasteiger partial charge in [-0.2, -0.15) is 0 Å². The lowest BCUT2D eigenvalue weighted by Crippen LogP contribution is -2.46. The first-order valence-corrected chi connectivity index (χ1v) is 11.7. The van der Waals surface area contributed by atoms with Crippen LogP contribution in [0.25, 0.3) is 0 Å². The zero-order chi connectivity index (χ0) is 28.1. The molecule has 1 atom stereocenters. The Morgan fingerprint density at radius 2 is 1.69 bits per heavy atom. The molecule has 11 heteroatoms. The minimum Gasteiger partial charge on any atom is -0.444 e. The van der Waals surface area contributed by atoms with Crippen molar-refractivity contribution in [3.8, 4) is 0 Å². The monoisotopic (exact) mass is 512 g/mol. The van der Waals surface area contributed by atoms with Crippen LogP contribution in [0.5, 0.6) is 0 Å². The summed E-state index contributed by atoms with van der Waals surface area (Å²) in [6.07, 6.45) is 1.23. The average molecular weight is 513 g/mol. The Kier molecular flexibility index (Phi) is 19.5. The first kappa shape index (κ1) is 35.0. The zero-order valence-electron chi connectivity index (χ0n) is 22.8. The van der Waals surface area contributed by atoms with Crippen LogP contribution in [0.4, 0.5) is 10.5 Å². The Balaban J connectivity index is 0. The molecule has 0 aliphatic carbocycles. The number of hydrogen-bond donors (Lipinski definition) is 4. The normalized spacial score (nSPS) is 10.8. The maximum atomic E-state index is 12.1. The number of amides is 4. The second-order valence-electron chi connectivity index (χ2n) is 8.78. The molecule has 0 aromatic heterocycles. The molecule has 0 bridgehead atoms. The molecule has 36 heavy (non-hydrogen) atoms. The number of anilines is 1. The summed E-state index contributed by atoms with van der Waals surface area (Å²) in [6, 6.07) is 6.43. The summed E-state index contributed by atoms with van der Waals surface area (Å²) in [4.78, 5) is 46.5. The Morgan fingerprint density at radius 3 is 2.11 bits per heavy atom. The number of rotatable bonds is 10. The molecule has 0 fully saturated rings. The highest BCUT2D eigenvalue weighted by atomic mass is 16.6. The molecule has 0 aliphatic heterocycles. The molecule has 0 saturated carbocycles. The number of nitrogens with one attached hydrogen (secondary N) is 3. The maximum Gasteiger partial charge on any atom is 0.408 e. The fourth-order valence-corrected chi connectivity index (χ4v) is 2.14. The van der Waals surface area contributed by atoms with Crippen molar-refractivity contribution in [2.24, 2.45) is 0 Å². The summed E-state index contributed by atoms with van der Waals surface area (Å²) in [6.45, 7) is 11.6. The van der Waals surface area contributed by atoms with E-state index in [1.165, 1.54) is 11.3 Å². The van der Waals surface area contributed by atoms with Crippen LogP contribution in [0, 0.1) is 0 Å². The van der Waals surface area contributed by atoms with Crippen molar-refractivity contribution >= 4 is 30.0 Å². The summed E-state index contributed by atoms with van der Waals surface area (Å²) in [5.41, 5.74) is 0.954. The number of nitrogens with zero attached hydrogens (tertiary/aromatic N) is 1. The molecule has 206 valence electrons. The molecule has 0 saturated heterocycles. The van der Waals surface area contributed by atoms with Gasteiger partial charge in [0.1, 0.15) is 18.2 Å². The fraction of sp³-hybridized carbons (Fsp3) is 0.600. The third kappa shape index (κ3) is 20.2. The summed E-state index contributed by atoms with van der Waals surface area (Å²) in [5, 5.41) is 15.7. The number of benzene rings is 1. The average Bonchev–Trinajstić information content (AvgIpc) is 2.79. The second kappa shape index (κ2) is 20.1. The number of methoxy groups -OCH3 is 1. The Bertz CT molecular complexity index is 765. The summed E-state index contributed by atoms with van der Waals surface area (Å²) < 4.78 is 10.1. The summed E-state index contributed by atoms with van der Waals surface area (Å²) >= 11 is 0. The molecular weight excluding hydrogens is 468 g/mol. The predicted molar refractivity (Wildman–Crippen MR) is 139 cm³/mol. The van der Waals surface area contributed by atoms with Crippen LogP contribution in [0.1, 0.15) is 53.5 Å². The van der Waals surface area contributed by atoms with E-state index < -0.39 is 23.6 Å². The molecule has 1 aromatic carbocycles. The number of ether oxygens (including phenoxy) is 2. The molecule has 0 radical (unpaired) electrons. The third-order valence-electron chi connectivity index (χ3n) is 3.73. The van der Waals surface area contributed by atoms with E-state index in [9.17, 15) is 19.2 Å². The fourth-order valence-electron chi connectivity index (χ4n) is 2.14. The van der Waals surface area contributed by atoms with Crippen molar-refractivity contribution in [3.63, 3.8) is 0 Å². The van der Waals surface area contributed by atoms with Gasteiger partial charge in [-0.15, -0.1) is 0 Å². The van der Waals surface area contributed by atoms with E-state index in [0.717, 1.165) is 5.56 Å². The lowest BCUT2D eigenvalue weighted by molar-refractivity contribution is -0.125. The number of carbonyl (C=O) groups excluding carboxylic acids is 4. The molecule has 0 spiro atoms.